The third-order valence-corrected chi connectivity index (χ3v) is 2.13. The van der Waals surface area contributed by atoms with Crippen LogP contribution in [0.15, 0.2) is 0 Å². The van der Waals surface area contributed by atoms with E-state index in [0.29, 0.717) is 19.2 Å². The molecule has 0 bridgehead atoms. The molecule has 2 N–H and O–H groups in total. The highest BCUT2D eigenvalue weighted by molar-refractivity contribution is 4.67. The van der Waals surface area contributed by atoms with E-state index < -0.39 is 0 Å². The zero-order valence-corrected chi connectivity index (χ0v) is 9.05. The van der Waals surface area contributed by atoms with E-state index in [1.165, 1.54) is 12.8 Å². The molecule has 0 aromatic rings. The summed E-state index contributed by atoms with van der Waals surface area (Å²) in [5.74, 6) is 0. The monoisotopic (exact) mass is 189 g/mol. The van der Waals surface area contributed by atoms with E-state index in [1.54, 1.807) is 7.11 Å². The molecule has 13 heavy (non-hydrogen) atoms. The van der Waals surface area contributed by atoms with Gasteiger partial charge in [-0.15, -0.1) is 0 Å². The van der Waals surface area contributed by atoms with E-state index in [1.807, 2.05) is 0 Å². The Morgan fingerprint density at radius 1 is 1.38 bits per heavy atom. The Balaban J connectivity index is 3.46. The van der Waals surface area contributed by atoms with E-state index in [4.69, 9.17) is 4.74 Å². The van der Waals surface area contributed by atoms with Gasteiger partial charge in [0, 0.05) is 19.7 Å². The molecule has 0 aliphatic heterocycles. The normalized spacial score (nSPS) is 15.7. The Morgan fingerprint density at radius 3 is 2.54 bits per heavy atom. The number of aliphatic hydroxyl groups excluding tert-OH is 1. The summed E-state index contributed by atoms with van der Waals surface area (Å²) in [5, 5.41) is 12.7. The number of hydrogen-bond donors (Lipinski definition) is 2. The average molecular weight is 189 g/mol. The predicted molar refractivity (Wildman–Crippen MR) is 54.9 cm³/mol. The minimum atomic E-state index is -0.379. The molecule has 0 rings (SSSR count). The number of nitrogens with one attached hydrogen (secondary N) is 1. The van der Waals surface area contributed by atoms with Gasteiger partial charge in [-0.1, -0.05) is 20.3 Å². The SMILES string of the molecule is CCCC(CC)NCC(O)COC. The Kier molecular flexibility index (Phi) is 8.40. The van der Waals surface area contributed by atoms with Crippen molar-refractivity contribution in [2.75, 3.05) is 20.3 Å². The maximum Gasteiger partial charge on any atom is 0.0897 e. The second-order valence-corrected chi connectivity index (χ2v) is 3.41. The summed E-state index contributed by atoms with van der Waals surface area (Å²) in [5.41, 5.74) is 0. The minimum absolute atomic E-state index is 0.379. The molecule has 0 saturated carbocycles. The molecule has 0 aliphatic carbocycles. The van der Waals surface area contributed by atoms with Crippen molar-refractivity contribution in [3.05, 3.63) is 0 Å². The third-order valence-electron chi connectivity index (χ3n) is 2.13. The van der Waals surface area contributed by atoms with Gasteiger partial charge in [-0.2, -0.15) is 0 Å². The summed E-state index contributed by atoms with van der Waals surface area (Å²) in [6.07, 6.45) is 3.10. The number of ether oxygens (including phenoxy) is 1. The molecule has 0 saturated heterocycles. The molecule has 80 valence electrons. The first kappa shape index (κ1) is 12.9. The summed E-state index contributed by atoms with van der Waals surface area (Å²) >= 11 is 0. The van der Waals surface area contributed by atoms with Crippen LogP contribution in [-0.2, 0) is 4.74 Å². The van der Waals surface area contributed by atoms with Crippen molar-refractivity contribution in [2.45, 2.75) is 45.3 Å². The third kappa shape index (κ3) is 6.99. The van der Waals surface area contributed by atoms with Crippen molar-refractivity contribution in [3.63, 3.8) is 0 Å². The van der Waals surface area contributed by atoms with Crippen LogP contribution >= 0.6 is 0 Å². The second kappa shape index (κ2) is 8.48. The van der Waals surface area contributed by atoms with E-state index in [-0.39, 0.29) is 6.10 Å². The molecule has 0 fully saturated rings. The molecule has 2 unspecified atom stereocenters. The van der Waals surface area contributed by atoms with Crippen molar-refractivity contribution in [1.29, 1.82) is 0 Å². The summed E-state index contributed by atoms with van der Waals surface area (Å²) in [4.78, 5) is 0. The Labute approximate surface area is 81.5 Å². The zero-order valence-electron chi connectivity index (χ0n) is 9.05. The summed E-state index contributed by atoms with van der Waals surface area (Å²) < 4.78 is 4.84. The van der Waals surface area contributed by atoms with Gasteiger partial charge >= 0.3 is 0 Å². The maximum atomic E-state index is 9.37. The molecule has 0 aliphatic rings. The number of methoxy groups -OCH3 is 1. The van der Waals surface area contributed by atoms with Crippen LogP contribution in [0.1, 0.15) is 33.1 Å². The first-order chi connectivity index (χ1) is 6.24. The smallest absolute Gasteiger partial charge is 0.0897 e. The lowest BCUT2D eigenvalue weighted by atomic mass is 10.1. The van der Waals surface area contributed by atoms with Crippen LogP contribution in [0.3, 0.4) is 0 Å². The van der Waals surface area contributed by atoms with Crippen LogP contribution in [0.2, 0.25) is 0 Å². The topological polar surface area (TPSA) is 41.5 Å². The maximum absolute atomic E-state index is 9.37. The van der Waals surface area contributed by atoms with Gasteiger partial charge in [-0.05, 0) is 12.8 Å². The molecular formula is C10H23NO2. The van der Waals surface area contributed by atoms with Gasteiger partial charge in [0.1, 0.15) is 0 Å². The lowest BCUT2D eigenvalue weighted by Crippen LogP contribution is -2.36. The van der Waals surface area contributed by atoms with Crippen molar-refractivity contribution >= 4 is 0 Å². The lowest BCUT2D eigenvalue weighted by Gasteiger charge is -2.18. The molecule has 0 spiro atoms. The Morgan fingerprint density at radius 2 is 2.08 bits per heavy atom. The molecule has 0 amide bonds. The number of hydrogen-bond acceptors (Lipinski definition) is 3. The van der Waals surface area contributed by atoms with Gasteiger partial charge in [0.2, 0.25) is 0 Å². The second-order valence-electron chi connectivity index (χ2n) is 3.41. The fourth-order valence-corrected chi connectivity index (χ4v) is 1.35. The first-order valence-electron chi connectivity index (χ1n) is 5.14. The molecule has 3 nitrogen and oxygen atoms in total. The molecule has 0 aromatic carbocycles. The fraction of sp³-hybridized carbons (Fsp3) is 1.00. The van der Waals surface area contributed by atoms with E-state index in [9.17, 15) is 5.11 Å². The van der Waals surface area contributed by atoms with Crippen molar-refractivity contribution in [1.82, 2.24) is 5.32 Å². The number of rotatable bonds is 8. The quantitative estimate of drug-likeness (QED) is 0.602. The van der Waals surface area contributed by atoms with Gasteiger partial charge < -0.3 is 15.2 Å². The van der Waals surface area contributed by atoms with Crippen LogP contribution < -0.4 is 5.32 Å². The standard InChI is InChI=1S/C10H23NO2/c1-4-6-9(5-2)11-7-10(12)8-13-3/h9-12H,4-8H2,1-3H3. The van der Waals surface area contributed by atoms with Crippen molar-refractivity contribution < 1.29 is 9.84 Å². The summed E-state index contributed by atoms with van der Waals surface area (Å²) in [6, 6.07) is 0.538. The Bertz CT molecular complexity index is 109. The van der Waals surface area contributed by atoms with Crippen LogP contribution in [-0.4, -0.2) is 37.5 Å². The Hall–Kier alpha value is -0.120. The molecule has 2 atom stereocenters. The van der Waals surface area contributed by atoms with Crippen LogP contribution in [0.25, 0.3) is 0 Å². The van der Waals surface area contributed by atoms with Crippen LogP contribution in [0, 0.1) is 0 Å². The van der Waals surface area contributed by atoms with Crippen molar-refractivity contribution in [2.24, 2.45) is 0 Å². The van der Waals surface area contributed by atoms with E-state index in [2.05, 4.69) is 19.2 Å². The van der Waals surface area contributed by atoms with Crippen molar-refractivity contribution in [3.8, 4) is 0 Å². The molecule has 0 aromatic heterocycles. The minimum Gasteiger partial charge on any atom is -0.389 e. The molecule has 0 radical (unpaired) electrons. The van der Waals surface area contributed by atoms with E-state index >= 15 is 0 Å². The molecule has 0 heterocycles. The van der Waals surface area contributed by atoms with Gasteiger partial charge in [-0.25, -0.2) is 0 Å². The molecular weight excluding hydrogens is 166 g/mol. The van der Waals surface area contributed by atoms with Crippen LogP contribution in [0.4, 0.5) is 0 Å². The fourth-order valence-electron chi connectivity index (χ4n) is 1.35. The molecule has 3 heteroatoms. The van der Waals surface area contributed by atoms with Crippen LogP contribution in [0.5, 0.6) is 0 Å². The van der Waals surface area contributed by atoms with Gasteiger partial charge in [0.15, 0.2) is 0 Å². The first-order valence-corrected chi connectivity index (χ1v) is 5.14. The summed E-state index contributed by atoms with van der Waals surface area (Å²) in [7, 11) is 1.60. The zero-order chi connectivity index (χ0) is 10.1. The highest BCUT2D eigenvalue weighted by Gasteiger charge is 2.07. The highest BCUT2D eigenvalue weighted by Crippen LogP contribution is 2.00. The predicted octanol–water partition coefficient (Wildman–Crippen LogP) is 1.16. The van der Waals surface area contributed by atoms with Gasteiger partial charge in [-0.3, -0.25) is 0 Å². The van der Waals surface area contributed by atoms with Gasteiger partial charge in [0.05, 0.1) is 12.7 Å². The highest BCUT2D eigenvalue weighted by atomic mass is 16.5. The van der Waals surface area contributed by atoms with Gasteiger partial charge in [0.25, 0.3) is 0 Å². The average Bonchev–Trinajstić information content (AvgIpc) is 2.12. The lowest BCUT2D eigenvalue weighted by molar-refractivity contribution is 0.0624. The number of aliphatic hydroxyl groups is 1. The largest absolute Gasteiger partial charge is 0.389 e. The van der Waals surface area contributed by atoms with E-state index in [0.717, 1.165) is 6.42 Å². The summed E-state index contributed by atoms with van der Waals surface area (Å²) in [6.45, 7) is 5.38.